The first-order valence-corrected chi connectivity index (χ1v) is 10.7. The minimum absolute atomic E-state index is 0.0530. The summed E-state index contributed by atoms with van der Waals surface area (Å²) < 4.78 is 16.9. The standard InChI is InChI=1S/C24H29ClO7/c1-4-12-31-24(23(3,29)21(27)20(26)22(28)32-24)17-8-11-19(25)16(14-17)13-15-6-9-18(10-7-15)30-5-2/h4,6-11,14,20-22,26-29H,1,5,12-13H2,2-3H3. The first-order valence-electron chi connectivity index (χ1n) is 10.4. The van der Waals surface area contributed by atoms with Gasteiger partial charge in [0.25, 0.3) is 0 Å². The van der Waals surface area contributed by atoms with Crippen LogP contribution in [0.1, 0.15) is 30.5 Å². The lowest BCUT2D eigenvalue weighted by atomic mass is 9.78. The zero-order valence-electron chi connectivity index (χ0n) is 18.1. The van der Waals surface area contributed by atoms with E-state index in [1.807, 2.05) is 31.2 Å². The van der Waals surface area contributed by atoms with Gasteiger partial charge < -0.3 is 34.6 Å². The van der Waals surface area contributed by atoms with Gasteiger partial charge in [-0.3, -0.25) is 0 Å². The number of benzene rings is 2. The highest BCUT2D eigenvalue weighted by Gasteiger charge is 2.63. The molecule has 0 aliphatic carbocycles. The smallest absolute Gasteiger partial charge is 0.229 e. The summed E-state index contributed by atoms with van der Waals surface area (Å²) in [6, 6.07) is 12.5. The van der Waals surface area contributed by atoms with Crippen molar-refractivity contribution >= 4 is 11.6 Å². The lowest BCUT2D eigenvalue weighted by molar-refractivity contribution is -0.430. The van der Waals surface area contributed by atoms with E-state index in [0.29, 0.717) is 29.2 Å². The molecule has 4 N–H and O–H groups in total. The van der Waals surface area contributed by atoms with Gasteiger partial charge >= 0.3 is 0 Å². The maximum absolute atomic E-state index is 11.2. The van der Waals surface area contributed by atoms with Crippen LogP contribution in [0.2, 0.25) is 5.02 Å². The van der Waals surface area contributed by atoms with E-state index in [2.05, 4.69) is 6.58 Å². The quantitative estimate of drug-likeness (QED) is 0.444. The molecule has 1 heterocycles. The number of aliphatic hydroxyl groups excluding tert-OH is 3. The molecule has 8 heteroatoms. The monoisotopic (exact) mass is 464 g/mol. The molecule has 0 saturated carbocycles. The van der Waals surface area contributed by atoms with Gasteiger partial charge in [0.2, 0.25) is 5.79 Å². The van der Waals surface area contributed by atoms with Gasteiger partial charge in [-0.05, 0) is 55.7 Å². The van der Waals surface area contributed by atoms with Crippen molar-refractivity contribution < 1.29 is 34.6 Å². The molecule has 3 rings (SSSR count). The Morgan fingerprint density at radius 3 is 2.47 bits per heavy atom. The second kappa shape index (κ2) is 9.89. The number of hydrogen-bond donors (Lipinski definition) is 4. The van der Waals surface area contributed by atoms with Crippen molar-refractivity contribution in [2.75, 3.05) is 13.2 Å². The van der Waals surface area contributed by atoms with Gasteiger partial charge in [0.1, 0.15) is 23.6 Å². The summed E-state index contributed by atoms with van der Waals surface area (Å²) in [7, 11) is 0. The maximum atomic E-state index is 11.2. The van der Waals surface area contributed by atoms with Crippen LogP contribution in [-0.2, 0) is 21.7 Å². The first kappa shape index (κ1) is 24.7. The third-order valence-corrected chi connectivity index (χ3v) is 5.97. The molecule has 0 spiro atoms. The molecule has 2 aromatic carbocycles. The number of rotatable bonds is 8. The van der Waals surface area contributed by atoms with Gasteiger partial charge in [-0.1, -0.05) is 35.9 Å². The third kappa shape index (κ3) is 4.56. The van der Waals surface area contributed by atoms with Crippen molar-refractivity contribution in [1.82, 2.24) is 0 Å². The highest BCUT2D eigenvalue weighted by molar-refractivity contribution is 6.31. The van der Waals surface area contributed by atoms with Gasteiger partial charge in [0, 0.05) is 10.6 Å². The lowest BCUT2D eigenvalue weighted by Crippen LogP contribution is -2.70. The average molecular weight is 465 g/mol. The summed E-state index contributed by atoms with van der Waals surface area (Å²) in [6.45, 7) is 7.32. The second-order valence-electron chi connectivity index (χ2n) is 7.87. The van der Waals surface area contributed by atoms with Crippen LogP contribution < -0.4 is 4.74 Å². The number of halogens is 1. The van der Waals surface area contributed by atoms with E-state index in [0.717, 1.165) is 11.3 Å². The van der Waals surface area contributed by atoms with E-state index >= 15 is 0 Å². The number of ether oxygens (including phenoxy) is 3. The molecule has 0 bridgehead atoms. The summed E-state index contributed by atoms with van der Waals surface area (Å²) >= 11 is 6.44. The molecule has 1 aliphatic rings. The van der Waals surface area contributed by atoms with Crippen LogP contribution in [0.15, 0.2) is 55.1 Å². The molecule has 1 saturated heterocycles. The van der Waals surface area contributed by atoms with Crippen molar-refractivity contribution in [3.8, 4) is 5.75 Å². The topological polar surface area (TPSA) is 109 Å². The summed E-state index contributed by atoms with van der Waals surface area (Å²) in [4.78, 5) is 0. The van der Waals surface area contributed by atoms with Crippen LogP contribution in [0.4, 0.5) is 0 Å². The minimum Gasteiger partial charge on any atom is -0.494 e. The van der Waals surface area contributed by atoms with Gasteiger partial charge in [-0.15, -0.1) is 6.58 Å². The molecule has 5 atom stereocenters. The third-order valence-electron chi connectivity index (χ3n) is 5.60. The molecule has 0 radical (unpaired) electrons. The Kier molecular flexibility index (Phi) is 7.62. The Labute approximate surface area is 192 Å². The van der Waals surface area contributed by atoms with Crippen molar-refractivity contribution in [3.05, 3.63) is 76.8 Å². The van der Waals surface area contributed by atoms with Crippen molar-refractivity contribution in [3.63, 3.8) is 0 Å². The highest BCUT2D eigenvalue weighted by Crippen LogP contribution is 2.46. The molecule has 32 heavy (non-hydrogen) atoms. The largest absolute Gasteiger partial charge is 0.494 e. The maximum Gasteiger partial charge on any atom is 0.229 e. The van der Waals surface area contributed by atoms with Gasteiger partial charge in [-0.2, -0.15) is 0 Å². The summed E-state index contributed by atoms with van der Waals surface area (Å²) in [6.07, 6.45) is -3.35. The van der Waals surface area contributed by atoms with E-state index in [-0.39, 0.29) is 6.61 Å². The fraction of sp³-hybridized carbons (Fsp3) is 0.417. The van der Waals surface area contributed by atoms with E-state index in [4.69, 9.17) is 25.8 Å². The molecule has 0 amide bonds. The molecular formula is C24H29ClO7. The number of aliphatic hydroxyl groups is 4. The summed E-state index contributed by atoms with van der Waals surface area (Å²) in [5.74, 6) is -1.22. The normalized spacial score (nSPS) is 30.2. The Hall–Kier alpha value is -1.97. The van der Waals surface area contributed by atoms with E-state index in [1.54, 1.807) is 18.2 Å². The molecule has 7 nitrogen and oxygen atoms in total. The second-order valence-corrected chi connectivity index (χ2v) is 8.27. The van der Waals surface area contributed by atoms with Crippen LogP contribution in [0.25, 0.3) is 0 Å². The Morgan fingerprint density at radius 2 is 1.84 bits per heavy atom. The minimum atomic E-state index is -2.11. The fourth-order valence-electron chi connectivity index (χ4n) is 3.85. The predicted octanol–water partition coefficient (Wildman–Crippen LogP) is 2.51. The zero-order valence-corrected chi connectivity index (χ0v) is 18.8. The van der Waals surface area contributed by atoms with Crippen molar-refractivity contribution in [1.29, 1.82) is 0 Å². The lowest BCUT2D eigenvalue weighted by Gasteiger charge is -2.52. The number of hydrogen-bond acceptors (Lipinski definition) is 7. The summed E-state index contributed by atoms with van der Waals surface area (Å²) in [5, 5.41) is 42.5. The van der Waals surface area contributed by atoms with Crippen LogP contribution in [0.3, 0.4) is 0 Å². The zero-order chi connectivity index (χ0) is 23.5. The molecule has 0 aromatic heterocycles. The predicted molar refractivity (Wildman–Crippen MR) is 119 cm³/mol. The molecule has 2 aromatic rings. The van der Waals surface area contributed by atoms with Crippen LogP contribution in [0, 0.1) is 0 Å². The summed E-state index contributed by atoms with van der Waals surface area (Å²) in [5.41, 5.74) is -0.108. The van der Waals surface area contributed by atoms with Gasteiger partial charge in [0.15, 0.2) is 6.29 Å². The van der Waals surface area contributed by atoms with E-state index < -0.39 is 29.9 Å². The van der Waals surface area contributed by atoms with Crippen molar-refractivity contribution in [2.24, 2.45) is 0 Å². The Bertz CT molecular complexity index is 930. The van der Waals surface area contributed by atoms with Crippen LogP contribution in [-0.4, -0.2) is 57.7 Å². The molecule has 5 unspecified atom stereocenters. The van der Waals surface area contributed by atoms with Crippen LogP contribution >= 0.6 is 11.6 Å². The van der Waals surface area contributed by atoms with Gasteiger partial charge in [-0.25, -0.2) is 0 Å². The Morgan fingerprint density at radius 1 is 1.16 bits per heavy atom. The molecule has 174 valence electrons. The molecule has 1 aliphatic heterocycles. The van der Waals surface area contributed by atoms with Gasteiger partial charge in [0.05, 0.1) is 13.2 Å². The highest BCUT2D eigenvalue weighted by atomic mass is 35.5. The SMILES string of the molecule is C=CCOC1(c2ccc(Cl)c(Cc3ccc(OCC)cc3)c2)OC(O)C(O)C(O)C1(C)O. The average Bonchev–Trinajstić information content (AvgIpc) is 2.77. The van der Waals surface area contributed by atoms with E-state index in [9.17, 15) is 20.4 Å². The first-order chi connectivity index (χ1) is 15.2. The van der Waals surface area contributed by atoms with Crippen molar-refractivity contribution in [2.45, 2.75) is 50.2 Å². The van der Waals surface area contributed by atoms with Crippen LogP contribution in [0.5, 0.6) is 5.75 Å². The fourth-order valence-corrected chi connectivity index (χ4v) is 4.03. The Balaban J connectivity index is 2.02. The van der Waals surface area contributed by atoms with E-state index in [1.165, 1.54) is 13.0 Å². The molecule has 1 fully saturated rings. The molecular weight excluding hydrogens is 436 g/mol.